The lowest BCUT2D eigenvalue weighted by Crippen LogP contribution is -2.18. The maximum absolute atomic E-state index is 10.5. The third-order valence-electron chi connectivity index (χ3n) is 1.94. The molecule has 0 amide bonds. The normalized spacial score (nSPS) is 10.2. The van der Waals surface area contributed by atoms with Crippen LogP contribution in [0.25, 0.3) is 0 Å². The maximum Gasteiger partial charge on any atom is 0.337 e. The molecule has 5 heteroatoms. The molecule has 1 aromatic rings. The molecule has 0 spiro atoms. The van der Waals surface area contributed by atoms with E-state index in [0.29, 0.717) is 13.1 Å². The summed E-state index contributed by atoms with van der Waals surface area (Å²) < 4.78 is 0. The molecule has 0 aliphatic rings. The topological polar surface area (TPSA) is 88.2 Å². The number of hydrogen-bond donors (Lipinski definition) is 3. The molecule has 0 atom stereocenters. The maximum atomic E-state index is 10.5. The van der Waals surface area contributed by atoms with Gasteiger partial charge in [-0.15, -0.1) is 0 Å². The molecule has 0 aliphatic carbocycles. The second kappa shape index (κ2) is 6.10. The number of nitrogens with zero attached hydrogens (tertiary/aromatic N) is 1. The van der Waals surface area contributed by atoms with E-state index in [0.717, 1.165) is 18.7 Å². The molecule has 0 bridgehead atoms. The van der Waals surface area contributed by atoms with Gasteiger partial charge in [0.05, 0.1) is 11.3 Å². The van der Waals surface area contributed by atoms with Crippen LogP contribution in [-0.2, 0) is 6.54 Å². The minimum atomic E-state index is -0.954. The highest BCUT2D eigenvalue weighted by atomic mass is 16.4. The van der Waals surface area contributed by atoms with E-state index in [-0.39, 0.29) is 5.56 Å². The lowest BCUT2D eigenvalue weighted by molar-refractivity contribution is 0.0696. The number of carboxylic acids is 1. The van der Waals surface area contributed by atoms with E-state index in [9.17, 15) is 4.79 Å². The van der Waals surface area contributed by atoms with Crippen molar-refractivity contribution in [1.82, 2.24) is 10.3 Å². The van der Waals surface area contributed by atoms with Crippen molar-refractivity contribution in [2.45, 2.75) is 13.0 Å². The van der Waals surface area contributed by atoms with Crippen LogP contribution in [0.3, 0.4) is 0 Å². The van der Waals surface area contributed by atoms with Gasteiger partial charge in [0.25, 0.3) is 0 Å². The van der Waals surface area contributed by atoms with Crippen LogP contribution in [-0.4, -0.2) is 29.1 Å². The standard InChI is InChI=1S/C10H15N3O2/c11-4-1-5-12-7-9-3-2-8(6-13-9)10(14)15/h2-3,6,12H,1,4-5,7,11H2,(H,14,15). The quantitative estimate of drug-likeness (QED) is 0.583. The molecule has 1 heterocycles. The second-order valence-electron chi connectivity index (χ2n) is 3.16. The monoisotopic (exact) mass is 209 g/mol. The van der Waals surface area contributed by atoms with E-state index in [1.54, 1.807) is 12.1 Å². The van der Waals surface area contributed by atoms with E-state index in [1.807, 2.05) is 0 Å². The number of nitrogens with one attached hydrogen (secondary N) is 1. The molecule has 4 N–H and O–H groups in total. The fourth-order valence-corrected chi connectivity index (χ4v) is 1.10. The number of carboxylic acid groups (broad SMARTS) is 1. The van der Waals surface area contributed by atoms with Crippen molar-refractivity contribution < 1.29 is 9.90 Å². The van der Waals surface area contributed by atoms with Crippen LogP contribution in [0.1, 0.15) is 22.5 Å². The van der Waals surface area contributed by atoms with E-state index in [1.165, 1.54) is 6.20 Å². The van der Waals surface area contributed by atoms with Gasteiger partial charge in [0.15, 0.2) is 0 Å². The molecule has 0 aromatic carbocycles. The molecular weight excluding hydrogens is 194 g/mol. The number of pyridine rings is 1. The van der Waals surface area contributed by atoms with Crippen molar-refractivity contribution in [2.75, 3.05) is 13.1 Å². The van der Waals surface area contributed by atoms with Crippen molar-refractivity contribution >= 4 is 5.97 Å². The van der Waals surface area contributed by atoms with E-state index in [4.69, 9.17) is 10.8 Å². The Balaban J connectivity index is 2.39. The lowest BCUT2D eigenvalue weighted by atomic mass is 10.2. The van der Waals surface area contributed by atoms with Crippen LogP contribution in [0.15, 0.2) is 18.3 Å². The van der Waals surface area contributed by atoms with Gasteiger partial charge in [0.1, 0.15) is 0 Å². The van der Waals surface area contributed by atoms with Crippen molar-refractivity contribution in [3.05, 3.63) is 29.6 Å². The molecule has 0 unspecified atom stereocenters. The fraction of sp³-hybridized carbons (Fsp3) is 0.400. The average Bonchev–Trinajstić information content (AvgIpc) is 2.25. The Labute approximate surface area is 88.3 Å². The summed E-state index contributed by atoms with van der Waals surface area (Å²) in [4.78, 5) is 14.6. The SMILES string of the molecule is NCCCNCc1ccc(C(=O)O)cn1. The van der Waals surface area contributed by atoms with Gasteiger partial charge < -0.3 is 16.2 Å². The van der Waals surface area contributed by atoms with Crippen LogP contribution in [0, 0.1) is 0 Å². The minimum Gasteiger partial charge on any atom is -0.478 e. The molecule has 0 saturated heterocycles. The van der Waals surface area contributed by atoms with Gasteiger partial charge in [-0.3, -0.25) is 4.98 Å². The van der Waals surface area contributed by atoms with Crippen molar-refractivity contribution in [3.8, 4) is 0 Å². The zero-order chi connectivity index (χ0) is 11.1. The Kier molecular flexibility index (Phi) is 4.73. The Morgan fingerprint density at radius 1 is 1.53 bits per heavy atom. The summed E-state index contributed by atoms with van der Waals surface area (Å²) in [6.07, 6.45) is 2.29. The van der Waals surface area contributed by atoms with Gasteiger partial charge in [-0.25, -0.2) is 4.79 Å². The summed E-state index contributed by atoms with van der Waals surface area (Å²) in [7, 11) is 0. The first-order valence-corrected chi connectivity index (χ1v) is 4.83. The molecular formula is C10H15N3O2. The molecule has 0 fully saturated rings. The first-order chi connectivity index (χ1) is 7.24. The summed E-state index contributed by atoms with van der Waals surface area (Å²) in [5.41, 5.74) is 6.38. The third-order valence-corrected chi connectivity index (χ3v) is 1.94. The molecule has 82 valence electrons. The summed E-state index contributed by atoms with van der Waals surface area (Å²) in [6.45, 7) is 2.15. The molecule has 0 aliphatic heterocycles. The number of nitrogens with two attached hydrogens (primary N) is 1. The molecule has 5 nitrogen and oxygen atoms in total. The Morgan fingerprint density at radius 3 is 2.87 bits per heavy atom. The molecule has 0 radical (unpaired) electrons. The minimum absolute atomic E-state index is 0.209. The summed E-state index contributed by atoms with van der Waals surface area (Å²) >= 11 is 0. The number of aromatic carboxylic acids is 1. The molecule has 15 heavy (non-hydrogen) atoms. The average molecular weight is 209 g/mol. The van der Waals surface area contributed by atoms with Gasteiger partial charge in [0.2, 0.25) is 0 Å². The summed E-state index contributed by atoms with van der Waals surface area (Å²) in [5.74, 6) is -0.954. The van der Waals surface area contributed by atoms with Gasteiger partial charge in [-0.2, -0.15) is 0 Å². The highest BCUT2D eigenvalue weighted by molar-refractivity contribution is 5.87. The van der Waals surface area contributed by atoms with Crippen LogP contribution in [0.5, 0.6) is 0 Å². The van der Waals surface area contributed by atoms with Crippen molar-refractivity contribution in [1.29, 1.82) is 0 Å². The highest BCUT2D eigenvalue weighted by Gasteiger charge is 2.02. The number of aromatic nitrogens is 1. The zero-order valence-electron chi connectivity index (χ0n) is 8.44. The van der Waals surface area contributed by atoms with Gasteiger partial charge >= 0.3 is 5.97 Å². The molecule has 1 rings (SSSR count). The first-order valence-electron chi connectivity index (χ1n) is 4.83. The lowest BCUT2D eigenvalue weighted by Gasteiger charge is -2.03. The van der Waals surface area contributed by atoms with Crippen LogP contribution < -0.4 is 11.1 Å². The van der Waals surface area contributed by atoms with E-state index in [2.05, 4.69) is 10.3 Å². The largest absolute Gasteiger partial charge is 0.478 e. The summed E-state index contributed by atoms with van der Waals surface area (Å²) in [6, 6.07) is 3.26. The Bertz CT molecular complexity index is 311. The molecule has 1 aromatic heterocycles. The smallest absolute Gasteiger partial charge is 0.337 e. The van der Waals surface area contributed by atoms with Gasteiger partial charge in [-0.05, 0) is 31.6 Å². The van der Waals surface area contributed by atoms with Crippen LogP contribution in [0.4, 0.5) is 0 Å². The predicted molar refractivity (Wildman–Crippen MR) is 56.6 cm³/mol. The second-order valence-corrected chi connectivity index (χ2v) is 3.16. The number of carbonyl (C=O) groups is 1. The van der Waals surface area contributed by atoms with Crippen molar-refractivity contribution in [2.24, 2.45) is 5.73 Å². The number of rotatable bonds is 6. The summed E-state index contributed by atoms with van der Waals surface area (Å²) in [5, 5.41) is 11.8. The van der Waals surface area contributed by atoms with E-state index >= 15 is 0 Å². The van der Waals surface area contributed by atoms with Gasteiger partial charge in [0, 0.05) is 12.7 Å². The molecule has 0 saturated carbocycles. The zero-order valence-corrected chi connectivity index (χ0v) is 8.44. The van der Waals surface area contributed by atoms with Crippen LogP contribution in [0.2, 0.25) is 0 Å². The van der Waals surface area contributed by atoms with Crippen molar-refractivity contribution in [3.63, 3.8) is 0 Å². The highest BCUT2D eigenvalue weighted by Crippen LogP contribution is 1.99. The van der Waals surface area contributed by atoms with Gasteiger partial charge in [-0.1, -0.05) is 0 Å². The first kappa shape index (κ1) is 11.6. The Hall–Kier alpha value is -1.46. The van der Waals surface area contributed by atoms with E-state index < -0.39 is 5.97 Å². The van der Waals surface area contributed by atoms with Crippen LogP contribution >= 0.6 is 0 Å². The fourth-order valence-electron chi connectivity index (χ4n) is 1.10. The number of hydrogen-bond acceptors (Lipinski definition) is 4. The Morgan fingerprint density at radius 2 is 2.33 bits per heavy atom. The third kappa shape index (κ3) is 4.05. The predicted octanol–water partition coefficient (Wildman–Crippen LogP) is 0.218.